The number of piperidine rings is 1. The SMILES string of the molecule is CC(=O)N1CC2CCC(C1)C2NS. The van der Waals surface area contributed by atoms with E-state index in [1.165, 1.54) is 12.8 Å². The Morgan fingerprint density at radius 1 is 1.38 bits per heavy atom. The van der Waals surface area contributed by atoms with E-state index in [-0.39, 0.29) is 5.91 Å². The van der Waals surface area contributed by atoms with Crippen LogP contribution in [0.1, 0.15) is 19.8 Å². The Morgan fingerprint density at radius 3 is 2.31 bits per heavy atom. The minimum Gasteiger partial charge on any atom is -0.342 e. The van der Waals surface area contributed by atoms with Gasteiger partial charge in [-0.25, -0.2) is 0 Å². The molecule has 4 heteroatoms. The number of rotatable bonds is 1. The lowest BCUT2D eigenvalue weighted by Crippen LogP contribution is -2.50. The molecule has 0 aromatic rings. The summed E-state index contributed by atoms with van der Waals surface area (Å²) >= 11 is 4.15. The second-order valence-corrected chi connectivity index (χ2v) is 4.43. The average molecular weight is 200 g/mol. The van der Waals surface area contributed by atoms with Crippen molar-refractivity contribution in [2.75, 3.05) is 13.1 Å². The number of fused-ring (bicyclic) bond motifs is 2. The van der Waals surface area contributed by atoms with Crippen LogP contribution in [0.15, 0.2) is 0 Å². The third-order valence-corrected chi connectivity index (χ3v) is 3.73. The van der Waals surface area contributed by atoms with Crippen LogP contribution in [0, 0.1) is 11.8 Å². The number of hydrogen-bond acceptors (Lipinski definition) is 3. The van der Waals surface area contributed by atoms with Gasteiger partial charge in [0.25, 0.3) is 0 Å². The summed E-state index contributed by atoms with van der Waals surface area (Å²) < 4.78 is 3.08. The lowest BCUT2D eigenvalue weighted by molar-refractivity contribution is -0.131. The maximum absolute atomic E-state index is 11.2. The zero-order chi connectivity index (χ0) is 9.42. The van der Waals surface area contributed by atoms with Crippen LogP contribution >= 0.6 is 12.8 Å². The molecule has 1 saturated heterocycles. The first-order valence-corrected chi connectivity index (χ1v) is 5.32. The minimum absolute atomic E-state index is 0.217. The van der Waals surface area contributed by atoms with Gasteiger partial charge in [-0.2, -0.15) is 0 Å². The fourth-order valence-electron chi connectivity index (χ4n) is 2.69. The van der Waals surface area contributed by atoms with Crippen molar-refractivity contribution in [3.63, 3.8) is 0 Å². The molecular weight excluding hydrogens is 184 g/mol. The largest absolute Gasteiger partial charge is 0.342 e. The molecule has 1 saturated carbocycles. The molecule has 2 atom stereocenters. The van der Waals surface area contributed by atoms with Crippen LogP contribution in [0.4, 0.5) is 0 Å². The van der Waals surface area contributed by atoms with Gasteiger partial charge in [0.2, 0.25) is 5.91 Å². The van der Waals surface area contributed by atoms with Gasteiger partial charge in [0.1, 0.15) is 0 Å². The number of nitrogens with zero attached hydrogens (tertiary/aromatic N) is 1. The highest BCUT2D eigenvalue weighted by atomic mass is 32.1. The molecule has 0 radical (unpaired) electrons. The third-order valence-electron chi connectivity index (χ3n) is 3.43. The Balaban J connectivity index is 2.06. The molecule has 74 valence electrons. The number of carbonyl (C=O) groups excluding carboxylic acids is 1. The van der Waals surface area contributed by atoms with E-state index in [1.807, 2.05) is 4.90 Å². The first-order valence-electron chi connectivity index (χ1n) is 4.87. The molecule has 2 rings (SSSR count). The zero-order valence-electron chi connectivity index (χ0n) is 7.86. The quantitative estimate of drug-likeness (QED) is 0.610. The summed E-state index contributed by atoms with van der Waals surface area (Å²) in [5.74, 6) is 1.47. The number of amides is 1. The summed E-state index contributed by atoms with van der Waals surface area (Å²) in [4.78, 5) is 13.2. The highest BCUT2D eigenvalue weighted by Crippen LogP contribution is 2.36. The lowest BCUT2D eigenvalue weighted by Gasteiger charge is -2.37. The Morgan fingerprint density at radius 2 is 1.92 bits per heavy atom. The van der Waals surface area contributed by atoms with Crippen LogP contribution in [-0.4, -0.2) is 29.9 Å². The summed E-state index contributed by atoms with van der Waals surface area (Å²) in [5, 5.41) is 0. The van der Waals surface area contributed by atoms with E-state index in [0.717, 1.165) is 13.1 Å². The minimum atomic E-state index is 0.217. The predicted octanol–water partition coefficient (Wildman–Crippen LogP) is 0.678. The molecule has 1 N–H and O–H groups in total. The van der Waals surface area contributed by atoms with E-state index in [1.54, 1.807) is 6.92 Å². The van der Waals surface area contributed by atoms with Gasteiger partial charge in [-0.1, -0.05) is 12.8 Å². The number of carbonyl (C=O) groups is 1. The van der Waals surface area contributed by atoms with Crippen LogP contribution in [0.5, 0.6) is 0 Å². The van der Waals surface area contributed by atoms with Crippen LogP contribution < -0.4 is 4.72 Å². The first-order chi connectivity index (χ1) is 6.22. The normalized spacial score (nSPS) is 38.0. The first kappa shape index (κ1) is 9.34. The lowest BCUT2D eigenvalue weighted by atomic mass is 9.93. The molecule has 2 fully saturated rings. The number of hydrogen-bond donors (Lipinski definition) is 2. The molecule has 0 spiro atoms. The topological polar surface area (TPSA) is 32.3 Å². The van der Waals surface area contributed by atoms with Crippen LogP contribution in [0.25, 0.3) is 0 Å². The summed E-state index contributed by atoms with van der Waals surface area (Å²) in [6.45, 7) is 3.50. The van der Waals surface area contributed by atoms with E-state index >= 15 is 0 Å². The monoisotopic (exact) mass is 200 g/mol. The van der Waals surface area contributed by atoms with Gasteiger partial charge in [-0.15, -0.1) is 0 Å². The maximum atomic E-state index is 11.2. The Kier molecular flexibility index (Phi) is 2.51. The molecule has 2 aliphatic rings. The standard InChI is InChI=1S/C9H16N2OS/c1-6(12)11-4-7-2-3-8(5-11)9(7)10-13/h7-10,13H,2-5H2,1H3. The zero-order valence-corrected chi connectivity index (χ0v) is 8.76. The highest BCUT2D eigenvalue weighted by Gasteiger charge is 2.41. The molecule has 13 heavy (non-hydrogen) atoms. The van der Waals surface area contributed by atoms with Crippen molar-refractivity contribution in [3.8, 4) is 0 Å². The Labute approximate surface area is 84.4 Å². The summed E-state index contributed by atoms with van der Waals surface area (Å²) in [6, 6.07) is 0.527. The average Bonchev–Trinajstić information content (AvgIpc) is 2.34. The number of nitrogens with one attached hydrogen (secondary N) is 1. The molecule has 1 aliphatic carbocycles. The van der Waals surface area contributed by atoms with E-state index < -0.39 is 0 Å². The van der Waals surface area contributed by atoms with Crippen LogP contribution in [-0.2, 0) is 4.79 Å². The molecule has 1 amide bonds. The summed E-state index contributed by atoms with van der Waals surface area (Å²) in [7, 11) is 0. The van der Waals surface area contributed by atoms with Crippen molar-refractivity contribution in [2.24, 2.45) is 11.8 Å². The fourth-order valence-corrected chi connectivity index (χ4v) is 3.11. The summed E-state index contributed by atoms with van der Waals surface area (Å²) in [5.41, 5.74) is 0. The fraction of sp³-hybridized carbons (Fsp3) is 0.889. The number of thiol groups is 1. The molecule has 2 unspecified atom stereocenters. The maximum Gasteiger partial charge on any atom is 0.219 e. The van der Waals surface area contributed by atoms with Gasteiger partial charge in [-0.05, 0) is 24.7 Å². The van der Waals surface area contributed by atoms with E-state index in [0.29, 0.717) is 17.9 Å². The van der Waals surface area contributed by atoms with Gasteiger partial charge >= 0.3 is 0 Å². The second-order valence-electron chi connectivity index (χ2n) is 4.18. The predicted molar refractivity (Wildman–Crippen MR) is 54.4 cm³/mol. The molecule has 0 aromatic carbocycles. The van der Waals surface area contributed by atoms with Crippen molar-refractivity contribution >= 4 is 18.7 Å². The molecule has 1 aliphatic heterocycles. The van der Waals surface area contributed by atoms with Gasteiger partial charge in [0, 0.05) is 26.1 Å². The Bertz CT molecular complexity index is 208. The van der Waals surface area contributed by atoms with Crippen molar-refractivity contribution < 1.29 is 4.79 Å². The van der Waals surface area contributed by atoms with Gasteiger partial charge < -0.3 is 4.90 Å². The van der Waals surface area contributed by atoms with Crippen molar-refractivity contribution in [2.45, 2.75) is 25.8 Å². The van der Waals surface area contributed by atoms with Gasteiger partial charge in [-0.3, -0.25) is 9.52 Å². The number of likely N-dealkylation sites (tertiary alicyclic amines) is 1. The molecule has 2 bridgehead atoms. The van der Waals surface area contributed by atoms with Crippen LogP contribution in [0.3, 0.4) is 0 Å². The smallest absolute Gasteiger partial charge is 0.219 e. The molecule has 3 nitrogen and oxygen atoms in total. The van der Waals surface area contributed by atoms with Gasteiger partial charge in [0.05, 0.1) is 0 Å². The van der Waals surface area contributed by atoms with Crippen LogP contribution in [0.2, 0.25) is 0 Å². The van der Waals surface area contributed by atoms with Gasteiger partial charge in [0.15, 0.2) is 0 Å². The van der Waals surface area contributed by atoms with Crippen molar-refractivity contribution in [3.05, 3.63) is 0 Å². The van der Waals surface area contributed by atoms with E-state index in [9.17, 15) is 4.79 Å². The molecule has 0 aromatic heterocycles. The van der Waals surface area contributed by atoms with Crippen molar-refractivity contribution in [1.29, 1.82) is 0 Å². The highest BCUT2D eigenvalue weighted by molar-refractivity contribution is 7.78. The molecule has 1 heterocycles. The molecular formula is C9H16N2OS. The van der Waals surface area contributed by atoms with E-state index in [4.69, 9.17) is 0 Å². The third kappa shape index (κ3) is 1.57. The second kappa shape index (κ2) is 3.50. The summed E-state index contributed by atoms with van der Waals surface area (Å²) in [6.07, 6.45) is 2.49. The van der Waals surface area contributed by atoms with Crippen molar-refractivity contribution in [1.82, 2.24) is 9.62 Å². The van der Waals surface area contributed by atoms with E-state index in [2.05, 4.69) is 17.5 Å². The Hall–Kier alpha value is -0.220.